The standard InChI is InChI=1S/C21H24N2O4/c1-15-3-6-18(20(24)23-9-11-27-12-10-23)13-19(15)22-14-16-4-7-17(8-5-16)21(25)26-2/h3-8,13,22H,9-12,14H2,1-2H3. The molecule has 1 N–H and O–H groups in total. The molecule has 142 valence electrons. The molecule has 1 heterocycles. The minimum Gasteiger partial charge on any atom is -0.465 e. The van der Waals surface area contributed by atoms with Gasteiger partial charge in [0.25, 0.3) is 5.91 Å². The van der Waals surface area contributed by atoms with Gasteiger partial charge in [-0.15, -0.1) is 0 Å². The first kappa shape index (κ1) is 18.9. The monoisotopic (exact) mass is 368 g/mol. The van der Waals surface area contributed by atoms with E-state index in [0.717, 1.165) is 16.8 Å². The molecule has 0 atom stereocenters. The lowest BCUT2D eigenvalue weighted by Gasteiger charge is -2.27. The number of aryl methyl sites for hydroxylation is 1. The number of benzene rings is 2. The zero-order chi connectivity index (χ0) is 19.2. The topological polar surface area (TPSA) is 67.9 Å². The zero-order valence-electron chi connectivity index (χ0n) is 15.7. The Balaban J connectivity index is 1.67. The van der Waals surface area contributed by atoms with Crippen LogP contribution in [0.1, 0.15) is 31.8 Å². The normalized spacial score (nSPS) is 13.9. The molecule has 1 aliphatic heterocycles. The van der Waals surface area contributed by atoms with Crippen molar-refractivity contribution in [2.75, 3.05) is 38.7 Å². The van der Waals surface area contributed by atoms with E-state index in [1.165, 1.54) is 7.11 Å². The van der Waals surface area contributed by atoms with E-state index in [2.05, 4.69) is 5.32 Å². The first-order valence-corrected chi connectivity index (χ1v) is 8.97. The van der Waals surface area contributed by atoms with Crippen LogP contribution in [0, 0.1) is 6.92 Å². The summed E-state index contributed by atoms with van der Waals surface area (Å²) < 4.78 is 10.0. The van der Waals surface area contributed by atoms with Crippen LogP contribution in [0.3, 0.4) is 0 Å². The molecule has 1 fully saturated rings. The number of esters is 1. The highest BCUT2D eigenvalue weighted by Crippen LogP contribution is 2.20. The molecule has 0 radical (unpaired) electrons. The molecule has 0 bridgehead atoms. The van der Waals surface area contributed by atoms with E-state index in [1.807, 2.05) is 42.2 Å². The Morgan fingerprint density at radius 3 is 2.41 bits per heavy atom. The number of amides is 1. The molecule has 0 unspecified atom stereocenters. The number of morpholine rings is 1. The van der Waals surface area contributed by atoms with E-state index >= 15 is 0 Å². The van der Waals surface area contributed by atoms with Crippen LogP contribution in [0.4, 0.5) is 5.69 Å². The Kier molecular flexibility index (Phi) is 6.08. The van der Waals surface area contributed by atoms with Gasteiger partial charge < -0.3 is 19.7 Å². The Morgan fingerprint density at radius 1 is 1.07 bits per heavy atom. The van der Waals surface area contributed by atoms with E-state index in [9.17, 15) is 9.59 Å². The molecule has 3 rings (SSSR count). The largest absolute Gasteiger partial charge is 0.465 e. The fraction of sp³-hybridized carbons (Fsp3) is 0.333. The van der Waals surface area contributed by atoms with Crippen molar-refractivity contribution in [1.29, 1.82) is 0 Å². The van der Waals surface area contributed by atoms with Gasteiger partial charge in [0.2, 0.25) is 0 Å². The molecule has 1 saturated heterocycles. The van der Waals surface area contributed by atoms with E-state index < -0.39 is 0 Å². The Bertz CT molecular complexity index is 811. The maximum absolute atomic E-state index is 12.7. The summed E-state index contributed by atoms with van der Waals surface area (Å²) in [7, 11) is 1.37. The van der Waals surface area contributed by atoms with Crippen molar-refractivity contribution in [3.63, 3.8) is 0 Å². The summed E-state index contributed by atoms with van der Waals surface area (Å²) in [5, 5.41) is 3.38. The number of carbonyl (C=O) groups is 2. The average Bonchev–Trinajstić information content (AvgIpc) is 2.73. The van der Waals surface area contributed by atoms with Crippen LogP contribution in [0.5, 0.6) is 0 Å². The third-order valence-corrected chi connectivity index (χ3v) is 4.64. The van der Waals surface area contributed by atoms with Crippen molar-refractivity contribution in [2.24, 2.45) is 0 Å². The molecule has 0 aromatic heterocycles. The second-order valence-corrected chi connectivity index (χ2v) is 6.48. The highest BCUT2D eigenvalue weighted by molar-refractivity contribution is 5.95. The summed E-state index contributed by atoms with van der Waals surface area (Å²) in [4.78, 5) is 26.0. The number of rotatable bonds is 5. The van der Waals surface area contributed by atoms with Crippen LogP contribution in [-0.4, -0.2) is 50.2 Å². The number of nitrogens with zero attached hydrogens (tertiary/aromatic N) is 1. The summed E-state index contributed by atoms with van der Waals surface area (Å²) >= 11 is 0. The maximum atomic E-state index is 12.7. The summed E-state index contributed by atoms with van der Waals surface area (Å²) in [6.45, 7) is 5.03. The fourth-order valence-electron chi connectivity index (χ4n) is 2.97. The lowest BCUT2D eigenvalue weighted by Crippen LogP contribution is -2.40. The Labute approximate surface area is 159 Å². The van der Waals surface area contributed by atoms with E-state index in [-0.39, 0.29) is 11.9 Å². The summed E-state index contributed by atoms with van der Waals surface area (Å²) in [5.74, 6) is -0.316. The number of ether oxygens (including phenoxy) is 2. The van der Waals surface area contributed by atoms with Crippen LogP contribution in [0.25, 0.3) is 0 Å². The Hall–Kier alpha value is -2.86. The second-order valence-electron chi connectivity index (χ2n) is 6.48. The van der Waals surface area contributed by atoms with Crippen molar-refractivity contribution in [1.82, 2.24) is 4.90 Å². The highest BCUT2D eigenvalue weighted by Gasteiger charge is 2.19. The predicted molar refractivity (Wildman–Crippen MR) is 103 cm³/mol. The molecule has 0 aliphatic carbocycles. The SMILES string of the molecule is COC(=O)c1ccc(CNc2cc(C(=O)N3CCOCC3)ccc2C)cc1. The molecule has 1 amide bonds. The summed E-state index contributed by atoms with van der Waals surface area (Å²) in [6.07, 6.45) is 0. The van der Waals surface area contributed by atoms with Gasteiger partial charge in [0.1, 0.15) is 0 Å². The van der Waals surface area contributed by atoms with Crippen molar-refractivity contribution in [3.8, 4) is 0 Å². The molecule has 6 nitrogen and oxygen atoms in total. The van der Waals surface area contributed by atoms with Gasteiger partial charge in [0.15, 0.2) is 0 Å². The minimum absolute atomic E-state index is 0.0313. The van der Waals surface area contributed by atoms with Crippen molar-refractivity contribution in [3.05, 3.63) is 64.7 Å². The van der Waals surface area contributed by atoms with E-state index in [0.29, 0.717) is 44.0 Å². The second kappa shape index (κ2) is 8.68. The number of methoxy groups -OCH3 is 1. The van der Waals surface area contributed by atoms with E-state index in [4.69, 9.17) is 9.47 Å². The number of nitrogens with one attached hydrogen (secondary N) is 1. The fourth-order valence-corrected chi connectivity index (χ4v) is 2.97. The van der Waals surface area contributed by atoms with Gasteiger partial charge >= 0.3 is 5.97 Å². The van der Waals surface area contributed by atoms with Crippen LogP contribution < -0.4 is 5.32 Å². The van der Waals surface area contributed by atoms with Gasteiger partial charge in [-0.25, -0.2) is 4.79 Å². The lowest BCUT2D eigenvalue weighted by molar-refractivity contribution is 0.0303. The number of anilines is 1. The molecule has 2 aromatic carbocycles. The van der Waals surface area contributed by atoms with Crippen molar-refractivity contribution < 1.29 is 19.1 Å². The van der Waals surface area contributed by atoms with Gasteiger partial charge in [-0.05, 0) is 42.3 Å². The van der Waals surface area contributed by atoms with Gasteiger partial charge in [-0.1, -0.05) is 18.2 Å². The van der Waals surface area contributed by atoms with E-state index in [1.54, 1.807) is 12.1 Å². The third kappa shape index (κ3) is 4.65. The van der Waals surface area contributed by atoms with Crippen molar-refractivity contribution >= 4 is 17.6 Å². The first-order valence-electron chi connectivity index (χ1n) is 8.97. The van der Waals surface area contributed by atoms with Gasteiger partial charge in [-0.2, -0.15) is 0 Å². The lowest BCUT2D eigenvalue weighted by atomic mass is 10.1. The molecule has 0 spiro atoms. The smallest absolute Gasteiger partial charge is 0.337 e. The highest BCUT2D eigenvalue weighted by atomic mass is 16.5. The molecule has 2 aromatic rings. The third-order valence-electron chi connectivity index (χ3n) is 4.64. The zero-order valence-corrected chi connectivity index (χ0v) is 15.7. The molecule has 6 heteroatoms. The molecule has 27 heavy (non-hydrogen) atoms. The van der Waals surface area contributed by atoms with Gasteiger partial charge in [0, 0.05) is 30.9 Å². The maximum Gasteiger partial charge on any atom is 0.337 e. The summed E-state index contributed by atoms with van der Waals surface area (Å²) in [5.41, 5.74) is 4.22. The van der Waals surface area contributed by atoms with Gasteiger partial charge in [0.05, 0.1) is 25.9 Å². The van der Waals surface area contributed by atoms with Crippen LogP contribution in [0.15, 0.2) is 42.5 Å². The predicted octanol–water partition coefficient (Wildman–Crippen LogP) is 2.87. The van der Waals surface area contributed by atoms with Crippen LogP contribution in [0.2, 0.25) is 0 Å². The molecular weight excluding hydrogens is 344 g/mol. The Morgan fingerprint density at radius 2 is 1.74 bits per heavy atom. The number of hydrogen-bond donors (Lipinski definition) is 1. The van der Waals surface area contributed by atoms with Crippen molar-refractivity contribution in [2.45, 2.75) is 13.5 Å². The number of carbonyl (C=O) groups excluding carboxylic acids is 2. The molecule has 0 saturated carbocycles. The quantitative estimate of drug-likeness (QED) is 0.822. The van der Waals surface area contributed by atoms with Crippen LogP contribution >= 0.6 is 0 Å². The summed E-state index contributed by atoms with van der Waals surface area (Å²) in [6, 6.07) is 13.0. The van der Waals surface area contributed by atoms with Gasteiger partial charge in [-0.3, -0.25) is 4.79 Å². The minimum atomic E-state index is -0.348. The first-order chi connectivity index (χ1) is 13.1. The average molecular weight is 368 g/mol. The number of hydrogen-bond acceptors (Lipinski definition) is 5. The molecule has 1 aliphatic rings. The molecular formula is C21H24N2O4. The van der Waals surface area contributed by atoms with Crippen LogP contribution in [-0.2, 0) is 16.0 Å².